The van der Waals surface area contributed by atoms with Crippen molar-refractivity contribution in [2.45, 2.75) is 13.0 Å². The van der Waals surface area contributed by atoms with E-state index in [4.69, 9.17) is 11.0 Å². The Balaban J connectivity index is 2.49. The zero-order valence-corrected chi connectivity index (χ0v) is 10.8. The van der Waals surface area contributed by atoms with Crippen LogP contribution in [0.4, 0.5) is 0 Å². The molecule has 0 saturated heterocycles. The Morgan fingerprint density at radius 3 is 2.88 bits per heavy atom. The summed E-state index contributed by atoms with van der Waals surface area (Å²) in [6, 6.07) is 7.82. The van der Waals surface area contributed by atoms with Crippen LogP contribution in [0.5, 0.6) is 0 Å². The normalized spacial score (nSPS) is 12.1. The van der Waals surface area contributed by atoms with E-state index in [0.717, 1.165) is 15.7 Å². The molecule has 1 aromatic heterocycles. The maximum atomic E-state index is 8.92. The molecule has 0 fully saturated rings. The van der Waals surface area contributed by atoms with Crippen LogP contribution in [0, 0.1) is 11.3 Å². The Bertz CT molecular complexity index is 580. The number of hydrogen-bond acceptors (Lipinski definition) is 3. The lowest BCUT2D eigenvalue weighted by atomic mass is 10.1. The molecule has 2 rings (SSSR count). The van der Waals surface area contributed by atoms with Crippen molar-refractivity contribution in [3.8, 4) is 11.8 Å². The summed E-state index contributed by atoms with van der Waals surface area (Å²) >= 11 is 3.48. The molecule has 2 N–H and O–H groups in total. The van der Waals surface area contributed by atoms with Crippen LogP contribution in [0.15, 0.2) is 35.1 Å². The molecule has 0 unspecified atom stereocenters. The van der Waals surface area contributed by atoms with Crippen LogP contribution in [0.3, 0.4) is 0 Å². The quantitative estimate of drug-likeness (QED) is 0.924. The van der Waals surface area contributed by atoms with Gasteiger partial charge in [0.25, 0.3) is 0 Å². The van der Waals surface area contributed by atoms with Gasteiger partial charge in [0.2, 0.25) is 5.82 Å². The van der Waals surface area contributed by atoms with Gasteiger partial charge in [0.15, 0.2) is 0 Å². The van der Waals surface area contributed by atoms with Crippen LogP contribution >= 0.6 is 15.9 Å². The molecule has 0 spiro atoms. The molecular weight excluding hydrogens is 280 g/mol. The fourth-order valence-corrected chi connectivity index (χ4v) is 2.36. The summed E-state index contributed by atoms with van der Waals surface area (Å²) in [5.74, 6) is 0.366. The smallest absolute Gasteiger partial charge is 0.217 e. The maximum absolute atomic E-state index is 8.92. The summed E-state index contributed by atoms with van der Waals surface area (Å²) in [4.78, 5) is 3.96. The third-order valence-electron chi connectivity index (χ3n) is 2.49. The molecule has 1 atom stereocenters. The van der Waals surface area contributed by atoms with Crippen LogP contribution in [0.2, 0.25) is 0 Å². The van der Waals surface area contributed by atoms with Crippen molar-refractivity contribution < 1.29 is 0 Å². The van der Waals surface area contributed by atoms with Gasteiger partial charge >= 0.3 is 0 Å². The van der Waals surface area contributed by atoms with E-state index in [1.165, 1.54) is 0 Å². The lowest BCUT2D eigenvalue weighted by Gasteiger charge is -2.11. The highest BCUT2D eigenvalue weighted by atomic mass is 79.9. The predicted molar refractivity (Wildman–Crippen MR) is 68.6 cm³/mol. The Kier molecular flexibility index (Phi) is 3.27. The van der Waals surface area contributed by atoms with E-state index in [0.29, 0.717) is 5.82 Å². The van der Waals surface area contributed by atoms with Gasteiger partial charge in [0.1, 0.15) is 6.07 Å². The lowest BCUT2D eigenvalue weighted by Crippen LogP contribution is -2.06. The van der Waals surface area contributed by atoms with E-state index in [9.17, 15) is 0 Å². The standard InChI is InChI=1S/C12H11BrN4/c1-8(15)10-3-2-9(6-11(10)13)17-5-4-16-12(17)7-14/h2-6,8H,15H2,1H3/t8-/m0/s1. The van der Waals surface area contributed by atoms with Crippen molar-refractivity contribution in [2.75, 3.05) is 0 Å². The lowest BCUT2D eigenvalue weighted by molar-refractivity contribution is 0.812. The average molecular weight is 291 g/mol. The first-order valence-electron chi connectivity index (χ1n) is 5.12. The number of nitrogens with zero attached hydrogens (tertiary/aromatic N) is 3. The number of hydrogen-bond donors (Lipinski definition) is 1. The molecule has 0 aliphatic heterocycles. The number of imidazole rings is 1. The summed E-state index contributed by atoms with van der Waals surface area (Å²) < 4.78 is 2.66. The molecule has 0 aliphatic rings. The van der Waals surface area contributed by atoms with Gasteiger partial charge in [-0.1, -0.05) is 22.0 Å². The van der Waals surface area contributed by atoms with Gasteiger partial charge in [0, 0.05) is 28.6 Å². The molecular formula is C12H11BrN4. The number of aromatic nitrogens is 2. The number of rotatable bonds is 2. The van der Waals surface area contributed by atoms with Crippen molar-refractivity contribution in [3.63, 3.8) is 0 Å². The third-order valence-corrected chi connectivity index (χ3v) is 3.18. The summed E-state index contributed by atoms with van der Waals surface area (Å²) in [6.45, 7) is 1.93. The van der Waals surface area contributed by atoms with Gasteiger partial charge in [-0.25, -0.2) is 4.98 Å². The highest BCUT2D eigenvalue weighted by Crippen LogP contribution is 2.25. The molecule has 86 valence electrons. The summed E-state index contributed by atoms with van der Waals surface area (Å²) in [7, 11) is 0. The second-order valence-electron chi connectivity index (χ2n) is 3.73. The molecule has 17 heavy (non-hydrogen) atoms. The summed E-state index contributed by atoms with van der Waals surface area (Å²) in [6.07, 6.45) is 3.36. The first-order valence-corrected chi connectivity index (χ1v) is 5.91. The zero-order valence-electron chi connectivity index (χ0n) is 9.26. The van der Waals surface area contributed by atoms with Gasteiger partial charge in [-0.2, -0.15) is 5.26 Å². The monoisotopic (exact) mass is 290 g/mol. The zero-order chi connectivity index (χ0) is 12.4. The van der Waals surface area contributed by atoms with Gasteiger partial charge in [-0.3, -0.25) is 4.57 Å². The molecule has 0 aliphatic carbocycles. The van der Waals surface area contributed by atoms with Crippen LogP contribution in [0.25, 0.3) is 5.69 Å². The largest absolute Gasteiger partial charge is 0.324 e. The van der Waals surface area contributed by atoms with Crippen molar-refractivity contribution in [1.82, 2.24) is 9.55 Å². The van der Waals surface area contributed by atoms with Crippen molar-refractivity contribution in [1.29, 1.82) is 5.26 Å². The summed E-state index contributed by atoms with van der Waals surface area (Å²) in [5.41, 5.74) is 7.76. The first kappa shape index (κ1) is 11.8. The minimum Gasteiger partial charge on any atom is -0.324 e. The van der Waals surface area contributed by atoms with Crippen molar-refractivity contribution >= 4 is 15.9 Å². The Labute approximate surface area is 108 Å². The Morgan fingerprint density at radius 2 is 2.29 bits per heavy atom. The topological polar surface area (TPSA) is 67.6 Å². The average Bonchev–Trinajstić information content (AvgIpc) is 2.76. The molecule has 0 amide bonds. The summed E-state index contributed by atoms with van der Waals surface area (Å²) in [5, 5.41) is 8.92. The van der Waals surface area contributed by atoms with Crippen LogP contribution in [-0.2, 0) is 0 Å². The van der Waals surface area contributed by atoms with Crippen molar-refractivity contribution in [2.24, 2.45) is 5.73 Å². The minimum absolute atomic E-state index is 0.0309. The molecule has 4 nitrogen and oxygen atoms in total. The molecule has 1 aromatic carbocycles. The van der Waals surface area contributed by atoms with Gasteiger partial charge in [0.05, 0.1) is 0 Å². The number of benzene rings is 1. The Hall–Kier alpha value is -1.64. The molecule has 0 radical (unpaired) electrons. The second-order valence-corrected chi connectivity index (χ2v) is 4.58. The fraction of sp³-hybridized carbons (Fsp3) is 0.167. The van der Waals surface area contributed by atoms with E-state index >= 15 is 0 Å². The highest BCUT2D eigenvalue weighted by molar-refractivity contribution is 9.10. The number of halogens is 1. The van der Waals surface area contributed by atoms with E-state index < -0.39 is 0 Å². The van der Waals surface area contributed by atoms with Gasteiger partial charge < -0.3 is 5.73 Å². The van der Waals surface area contributed by atoms with E-state index in [1.54, 1.807) is 17.0 Å². The van der Waals surface area contributed by atoms with E-state index in [-0.39, 0.29) is 6.04 Å². The second kappa shape index (κ2) is 4.70. The Morgan fingerprint density at radius 1 is 1.53 bits per heavy atom. The fourth-order valence-electron chi connectivity index (χ4n) is 1.63. The molecule has 0 bridgehead atoms. The molecule has 0 saturated carbocycles. The SMILES string of the molecule is C[C@H](N)c1ccc(-n2ccnc2C#N)cc1Br. The molecule has 1 heterocycles. The van der Waals surface area contributed by atoms with Crippen LogP contribution in [-0.4, -0.2) is 9.55 Å². The molecule has 5 heteroatoms. The van der Waals surface area contributed by atoms with Crippen LogP contribution < -0.4 is 5.73 Å². The van der Waals surface area contributed by atoms with Gasteiger partial charge in [-0.15, -0.1) is 0 Å². The molecule has 2 aromatic rings. The first-order chi connectivity index (χ1) is 8.13. The van der Waals surface area contributed by atoms with E-state index in [2.05, 4.69) is 20.9 Å². The van der Waals surface area contributed by atoms with Crippen molar-refractivity contribution in [3.05, 3.63) is 46.5 Å². The number of nitrogens with two attached hydrogens (primary N) is 1. The predicted octanol–water partition coefficient (Wildman–Crippen LogP) is 2.53. The third kappa shape index (κ3) is 2.23. The van der Waals surface area contributed by atoms with E-state index in [1.807, 2.05) is 31.2 Å². The number of nitriles is 1. The highest BCUT2D eigenvalue weighted by Gasteiger charge is 2.08. The van der Waals surface area contributed by atoms with Gasteiger partial charge in [-0.05, 0) is 24.6 Å². The minimum atomic E-state index is -0.0309. The maximum Gasteiger partial charge on any atom is 0.217 e. The van der Waals surface area contributed by atoms with Crippen LogP contribution in [0.1, 0.15) is 24.4 Å².